The monoisotopic (exact) mass is 649 g/mol. The molecule has 272 valence electrons. The van der Waals surface area contributed by atoms with Crippen molar-refractivity contribution >= 4 is 5.97 Å². The Labute approximate surface area is 289 Å². The van der Waals surface area contributed by atoms with Crippen LogP contribution in [0.4, 0.5) is 0 Å². The first-order valence-corrected chi connectivity index (χ1v) is 20.4. The minimum atomic E-state index is -0.0777. The number of carbonyl (C=O) groups is 1. The lowest BCUT2D eigenvalue weighted by Gasteiger charge is -2.28. The first-order chi connectivity index (χ1) is 22.5. The Morgan fingerprint density at radius 2 is 0.804 bits per heavy atom. The van der Waals surface area contributed by atoms with Crippen LogP contribution in [0.5, 0.6) is 0 Å². The summed E-state index contributed by atoms with van der Waals surface area (Å²) < 4.78 is 12.0. The van der Waals surface area contributed by atoms with Crippen LogP contribution in [0.3, 0.4) is 0 Å². The molecule has 0 radical (unpaired) electrons. The molecule has 0 fully saturated rings. The zero-order valence-corrected chi connectivity index (χ0v) is 31.8. The van der Waals surface area contributed by atoms with Gasteiger partial charge in [0.25, 0.3) is 0 Å². The van der Waals surface area contributed by atoms with E-state index in [1.807, 2.05) is 0 Å². The van der Waals surface area contributed by atoms with Gasteiger partial charge in [-0.15, -0.1) is 0 Å². The van der Waals surface area contributed by atoms with Crippen LogP contribution < -0.4 is 0 Å². The molecule has 0 rings (SSSR count). The lowest BCUT2D eigenvalue weighted by Crippen LogP contribution is -2.46. The van der Waals surface area contributed by atoms with Gasteiger partial charge in [-0.1, -0.05) is 154 Å². The number of esters is 1. The third-order valence-corrected chi connectivity index (χ3v) is 9.12. The summed E-state index contributed by atoms with van der Waals surface area (Å²) in [5.41, 5.74) is 0. The molecule has 0 bridgehead atoms. The molecule has 0 saturated heterocycles. The molecule has 0 aromatic rings. The summed E-state index contributed by atoms with van der Waals surface area (Å²) in [6.07, 6.45) is 46.2. The second-order valence-electron chi connectivity index (χ2n) is 14.5. The van der Waals surface area contributed by atoms with Gasteiger partial charge < -0.3 is 14.0 Å². The van der Waals surface area contributed by atoms with E-state index in [0.717, 1.165) is 32.4 Å². The zero-order chi connectivity index (χ0) is 33.7. The van der Waals surface area contributed by atoms with E-state index in [2.05, 4.69) is 52.2 Å². The van der Waals surface area contributed by atoms with Gasteiger partial charge in [0.2, 0.25) is 0 Å². The van der Waals surface area contributed by atoms with Crippen molar-refractivity contribution in [3.63, 3.8) is 0 Å². The summed E-state index contributed by atoms with van der Waals surface area (Å²) in [6.45, 7) is 7.93. The lowest BCUT2D eigenvalue weighted by atomic mass is 10.1. The number of allylic oxidation sites excluding steroid dienone is 4. The highest BCUT2D eigenvalue weighted by Crippen LogP contribution is 2.12. The molecule has 4 heteroatoms. The minimum absolute atomic E-state index is 0.0777. The molecule has 0 unspecified atom stereocenters. The minimum Gasteiger partial charge on any atom is -0.462 e. The maximum atomic E-state index is 12.3. The Morgan fingerprint density at radius 1 is 0.457 bits per heavy atom. The Balaban J connectivity index is 3.44. The molecule has 0 aromatic carbocycles. The molecule has 0 aliphatic carbocycles. The van der Waals surface area contributed by atoms with Crippen LogP contribution in [0, 0.1) is 0 Å². The summed E-state index contributed by atoms with van der Waals surface area (Å²) >= 11 is 0. The molecular formula is C42H82NO3+. The Kier molecular flexibility index (Phi) is 35.8. The first-order valence-electron chi connectivity index (χ1n) is 20.4. The van der Waals surface area contributed by atoms with Crippen molar-refractivity contribution in [1.29, 1.82) is 0 Å². The van der Waals surface area contributed by atoms with Gasteiger partial charge in [0, 0.05) is 6.61 Å². The first kappa shape index (κ1) is 44.9. The summed E-state index contributed by atoms with van der Waals surface area (Å²) in [7, 11) is 4.19. The van der Waals surface area contributed by atoms with Crippen molar-refractivity contribution in [3.05, 3.63) is 24.3 Å². The van der Waals surface area contributed by atoms with Crippen molar-refractivity contribution in [2.24, 2.45) is 0 Å². The van der Waals surface area contributed by atoms with Crippen LogP contribution in [0.15, 0.2) is 24.3 Å². The zero-order valence-electron chi connectivity index (χ0n) is 31.8. The smallest absolute Gasteiger partial charge is 0.361 e. The fourth-order valence-corrected chi connectivity index (χ4v) is 5.88. The second kappa shape index (κ2) is 36.7. The standard InChI is InChI=1S/C42H82NO3/c1-5-7-9-11-13-15-17-19-21-23-25-27-29-31-33-35-38-45-40-37-43(3,4)41-42(44)46-39-36-34-32-30-28-26-24-22-20-18-16-14-12-10-8-6-2/h19-22H,5-18,23-41H2,1-4H3/q+1/b21-19-,22-20-. The Morgan fingerprint density at radius 3 is 1.22 bits per heavy atom. The van der Waals surface area contributed by atoms with Gasteiger partial charge in [0.1, 0.15) is 6.54 Å². The summed E-state index contributed by atoms with van der Waals surface area (Å²) in [6, 6.07) is 0. The summed E-state index contributed by atoms with van der Waals surface area (Å²) in [5.74, 6) is -0.0777. The van der Waals surface area contributed by atoms with Crippen molar-refractivity contribution in [1.82, 2.24) is 0 Å². The van der Waals surface area contributed by atoms with E-state index < -0.39 is 0 Å². The van der Waals surface area contributed by atoms with Crippen LogP contribution in [-0.2, 0) is 14.3 Å². The Bertz CT molecular complexity index is 672. The number of ether oxygens (including phenoxy) is 2. The number of likely N-dealkylation sites (N-methyl/N-ethyl adjacent to an activating group) is 1. The number of nitrogens with zero attached hydrogens (tertiary/aromatic N) is 1. The molecule has 0 aliphatic heterocycles. The molecule has 4 nitrogen and oxygen atoms in total. The summed E-state index contributed by atoms with van der Waals surface area (Å²) in [4.78, 5) is 12.3. The number of unbranched alkanes of at least 4 members (excludes halogenated alkanes) is 24. The highest BCUT2D eigenvalue weighted by Gasteiger charge is 2.20. The predicted octanol–water partition coefficient (Wildman–Crippen LogP) is 12.7. The summed E-state index contributed by atoms with van der Waals surface area (Å²) in [5, 5.41) is 0. The SMILES string of the molecule is CCCCCCCC/C=C\CCCCCCCCOCC[N+](C)(C)CC(=O)OCCCCCCCC/C=C\CCCCCCCC. The fourth-order valence-electron chi connectivity index (χ4n) is 5.88. The molecule has 0 aliphatic rings. The fraction of sp³-hybridized carbons (Fsp3) is 0.881. The van der Waals surface area contributed by atoms with E-state index >= 15 is 0 Å². The molecule has 0 amide bonds. The van der Waals surface area contributed by atoms with Crippen molar-refractivity contribution in [2.75, 3.05) is 47.0 Å². The molecule has 0 atom stereocenters. The molecule has 0 heterocycles. The van der Waals surface area contributed by atoms with Crippen LogP contribution >= 0.6 is 0 Å². The third kappa shape index (κ3) is 37.3. The number of hydrogen-bond acceptors (Lipinski definition) is 3. The van der Waals surface area contributed by atoms with E-state index in [0.29, 0.717) is 24.2 Å². The average Bonchev–Trinajstić information content (AvgIpc) is 3.03. The van der Waals surface area contributed by atoms with E-state index in [4.69, 9.17) is 9.47 Å². The lowest BCUT2D eigenvalue weighted by molar-refractivity contribution is -0.883. The topological polar surface area (TPSA) is 35.5 Å². The number of rotatable bonds is 37. The van der Waals surface area contributed by atoms with Gasteiger partial charge in [0.05, 0.1) is 27.3 Å². The third-order valence-electron chi connectivity index (χ3n) is 9.12. The van der Waals surface area contributed by atoms with Gasteiger partial charge in [-0.2, -0.15) is 0 Å². The molecule has 46 heavy (non-hydrogen) atoms. The normalized spacial score (nSPS) is 12.2. The van der Waals surface area contributed by atoms with E-state index in [-0.39, 0.29) is 5.97 Å². The highest BCUT2D eigenvalue weighted by molar-refractivity contribution is 5.70. The number of carbonyl (C=O) groups excluding carboxylic acids is 1. The van der Waals surface area contributed by atoms with Gasteiger partial charge >= 0.3 is 5.97 Å². The number of quaternary nitrogens is 1. The highest BCUT2D eigenvalue weighted by atomic mass is 16.5. The maximum Gasteiger partial charge on any atom is 0.361 e. The second-order valence-corrected chi connectivity index (χ2v) is 14.5. The van der Waals surface area contributed by atoms with E-state index in [1.54, 1.807) is 0 Å². The van der Waals surface area contributed by atoms with Crippen molar-refractivity contribution < 1.29 is 18.8 Å². The molecule has 0 saturated carbocycles. The number of hydrogen-bond donors (Lipinski definition) is 0. The largest absolute Gasteiger partial charge is 0.462 e. The van der Waals surface area contributed by atoms with Gasteiger partial charge in [-0.25, -0.2) is 4.79 Å². The van der Waals surface area contributed by atoms with Crippen LogP contribution in [0.1, 0.15) is 194 Å². The van der Waals surface area contributed by atoms with E-state index in [1.165, 1.54) is 161 Å². The van der Waals surface area contributed by atoms with Crippen LogP contribution in [0.2, 0.25) is 0 Å². The van der Waals surface area contributed by atoms with Crippen molar-refractivity contribution in [2.45, 2.75) is 194 Å². The van der Waals surface area contributed by atoms with Crippen molar-refractivity contribution in [3.8, 4) is 0 Å². The molecule has 0 aromatic heterocycles. The molecule has 0 spiro atoms. The van der Waals surface area contributed by atoms with E-state index in [9.17, 15) is 4.79 Å². The van der Waals surface area contributed by atoms with Crippen LogP contribution in [0.25, 0.3) is 0 Å². The Hall–Kier alpha value is -1.13. The molecular weight excluding hydrogens is 566 g/mol. The molecule has 0 N–H and O–H groups in total. The van der Waals surface area contributed by atoms with Gasteiger partial charge in [-0.3, -0.25) is 0 Å². The van der Waals surface area contributed by atoms with Gasteiger partial charge in [-0.05, 0) is 64.2 Å². The maximum absolute atomic E-state index is 12.3. The van der Waals surface area contributed by atoms with Crippen LogP contribution in [-0.4, -0.2) is 57.5 Å². The average molecular weight is 649 g/mol. The van der Waals surface area contributed by atoms with Gasteiger partial charge in [0.15, 0.2) is 6.54 Å². The predicted molar refractivity (Wildman–Crippen MR) is 203 cm³/mol. The quantitative estimate of drug-likeness (QED) is 0.0291.